The third-order valence-electron chi connectivity index (χ3n) is 2.33. The van der Waals surface area contributed by atoms with Crippen LogP contribution >= 0.6 is 0 Å². The standard InChI is InChI=1S/C13H11FO2/c14-11-6-2-4-8-13(11)16-12-7-3-1-5-10(12)9-15/h2,4-9H,1,3H2. The van der Waals surface area contributed by atoms with E-state index in [2.05, 4.69) is 0 Å². The highest BCUT2D eigenvalue weighted by Gasteiger charge is 2.12. The lowest BCUT2D eigenvalue weighted by Gasteiger charge is -2.13. The summed E-state index contributed by atoms with van der Waals surface area (Å²) in [6.07, 6.45) is 5.95. The molecule has 0 heterocycles. The maximum absolute atomic E-state index is 13.3. The van der Waals surface area contributed by atoms with E-state index in [1.54, 1.807) is 24.3 Å². The summed E-state index contributed by atoms with van der Waals surface area (Å²) in [6, 6.07) is 6.14. The van der Waals surface area contributed by atoms with E-state index >= 15 is 0 Å². The van der Waals surface area contributed by atoms with Crippen LogP contribution in [0.5, 0.6) is 5.75 Å². The zero-order chi connectivity index (χ0) is 11.4. The number of para-hydroxylation sites is 1. The van der Waals surface area contributed by atoms with Crippen LogP contribution in [0, 0.1) is 5.82 Å². The van der Waals surface area contributed by atoms with Gasteiger partial charge in [-0.2, -0.15) is 0 Å². The van der Waals surface area contributed by atoms with Crippen molar-refractivity contribution >= 4 is 6.29 Å². The van der Waals surface area contributed by atoms with Crippen LogP contribution < -0.4 is 4.74 Å². The molecule has 0 saturated heterocycles. The molecule has 82 valence electrons. The van der Waals surface area contributed by atoms with Gasteiger partial charge in [0, 0.05) is 0 Å². The summed E-state index contributed by atoms with van der Waals surface area (Å²) in [6.45, 7) is 0. The van der Waals surface area contributed by atoms with E-state index in [1.807, 2.05) is 0 Å². The fourth-order valence-corrected chi connectivity index (χ4v) is 1.52. The molecule has 0 aromatic heterocycles. The summed E-state index contributed by atoms with van der Waals surface area (Å²) in [5.74, 6) is 0.147. The lowest BCUT2D eigenvalue weighted by molar-refractivity contribution is -0.104. The van der Waals surface area contributed by atoms with Gasteiger partial charge in [0.05, 0.1) is 5.57 Å². The van der Waals surface area contributed by atoms with Gasteiger partial charge in [0.2, 0.25) is 0 Å². The van der Waals surface area contributed by atoms with Crippen molar-refractivity contribution in [1.82, 2.24) is 0 Å². The maximum Gasteiger partial charge on any atom is 0.165 e. The van der Waals surface area contributed by atoms with Gasteiger partial charge < -0.3 is 4.74 Å². The molecule has 0 N–H and O–H groups in total. The number of allylic oxidation sites excluding steroid dienone is 3. The quantitative estimate of drug-likeness (QED) is 0.729. The minimum Gasteiger partial charge on any atom is -0.454 e. The normalized spacial score (nSPS) is 15.1. The van der Waals surface area contributed by atoms with Crippen LogP contribution in [0.1, 0.15) is 12.8 Å². The number of hydrogen-bond acceptors (Lipinski definition) is 2. The van der Waals surface area contributed by atoms with Gasteiger partial charge >= 0.3 is 0 Å². The number of carbonyl (C=O) groups excluding carboxylic acids is 1. The minimum atomic E-state index is -0.431. The first-order valence-corrected chi connectivity index (χ1v) is 5.09. The number of aldehydes is 1. The van der Waals surface area contributed by atoms with Crippen LogP contribution in [0.2, 0.25) is 0 Å². The highest BCUT2D eigenvalue weighted by Crippen LogP contribution is 2.24. The molecule has 0 fully saturated rings. The Morgan fingerprint density at radius 2 is 1.94 bits per heavy atom. The van der Waals surface area contributed by atoms with Gasteiger partial charge in [-0.1, -0.05) is 18.2 Å². The number of hydrogen-bond donors (Lipinski definition) is 0. The van der Waals surface area contributed by atoms with E-state index in [0.29, 0.717) is 11.3 Å². The SMILES string of the molecule is O=CC1=CCCC=C1Oc1ccccc1F. The van der Waals surface area contributed by atoms with Gasteiger partial charge in [0.1, 0.15) is 5.76 Å². The van der Waals surface area contributed by atoms with Crippen molar-refractivity contribution in [3.8, 4) is 5.75 Å². The monoisotopic (exact) mass is 218 g/mol. The molecule has 2 nitrogen and oxygen atoms in total. The molecule has 1 aromatic carbocycles. The first-order chi connectivity index (χ1) is 7.81. The number of benzene rings is 1. The van der Waals surface area contributed by atoms with E-state index in [-0.39, 0.29) is 5.75 Å². The van der Waals surface area contributed by atoms with Gasteiger partial charge in [-0.05, 0) is 31.1 Å². The van der Waals surface area contributed by atoms with Gasteiger partial charge in [-0.25, -0.2) is 4.39 Å². The molecule has 0 bridgehead atoms. The summed E-state index contributed by atoms with van der Waals surface area (Å²) < 4.78 is 18.7. The molecule has 3 heteroatoms. The number of halogens is 1. The summed E-state index contributed by atoms with van der Waals surface area (Å²) in [7, 11) is 0. The summed E-state index contributed by atoms with van der Waals surface area (Å²) >= 11 is 0. The zero-order valence-corrected chi connectivity index (χ0v) is 8.65. The second-order valence-corrected chi connectivity index (χ2v) is 3.46. The van der Waals surface area contributed by atoms with Gasteiger partial charge in [0.15, 0.2) is 17.9 Å². The Balaban J connectivity index is 2.22. The Kier molecular flexibility index (Phi) is 3.15. The molecule has 16 heavy (non-hydrogen) atoms. The van der Waals surface area contributed by atoms with Crippen LogP contribution in [-0.2, 0) is 4.79 Å². The predicted molar refractivity (Wildman–Crippen MR) is 58.5 cm³/mol. The van der Waals surface area contributed by atoms with Crippen molar-refractivity contribution in [2.24, 2.45) is 0 Å². The van der Waals surface area contributed by atoms with Crippen molar-refractivity contribution in [3.63, 3.8) is 0 Å². The van der Waals surface area contributed by atoms with Crippen LogP contribution in [0.4, 0.5) is 4.39 Å². The molecule has 0 spiro atoms. The fraction of sp³-hybridized carbons (Fsp3) is 0.154. The topological polar surface area (TPSA) is 26.3 Å². The lowest BCUT2D eigenvalue weighted by atomic mass is 10.1. The first kappa shape index (κ1) is 10.6. The van der Waals surface area contributed by atoms with E-state index in [9.17, 15) is 9.18 Å². The van der Waals surface area contributed by atoms with Crippen LogP contribution in [0.3, 0.4) is 0 Å². The molecule has 0 unspecified atom stereocenters. The molecule has 0 saturated carbocycles. The Hall–Kier alpha value is -1.90. The smallest absolute Gasteiger partial charge is 0.165 e. The van der Waals surface area contributed by atoms with Crippen molar-refractivity contribution in [2.45, 2.75) is 12.8 Å². The molecule has 1 aliphatic carbocycles. The Morgan fingerprint density at radius 1 is 1.19 bits per heavy atom. The van der Waals surface area contributed by atoms with E-state index in [0.717, 1.165) is 19.1 Å². The zero-order valence-electron chi connectivity index (χ0n) is 8.65. The van der Waals surface area contributed by atoms with Crippen LogP contribution in [-0.4, -0.2) is 6.29 Å². The molecule has 0 atom stereocenters. The third-order valence-corrected chi connectivity index (χ3v) is 2.33. The lowest BCUT2D eigenvalue weighted by Crippen LogP contribution is -2.04. The highest BCUT2D eigenvalue weighted by atomic mass is 19.1. The molecule has 0 aliphatic heterocycles. The Morgan fingerprint density at radius 3 is 2.69 bits per heavy atom. The summed E-state index contributed by atoms with van der Waals surface area (Å²) in [4.78, 5) is 10.8. The van der Waals surface area contributed by atoms with E-state index in [4.69, 9.17) is 4.74 Å². The first-order valence-electron chi connectivity index (χ1n) is 5.09. The van der Waals surface area contributed by atoms with E-state index < -0.39 is 5.82 Å². The molecule has 0 radical (unpaired) electrons. The number of carbonyl (C=O) groups is 1. The molecular formula is C13H11FO2. The molecule has 0 amide bonds. The van der Waals surface area contributed by atoms with Gasteiger partial charge in [-0.3, -0.25) is 4.79 Å². The molecule has 2 rings (SSSR count). The second kappa shape index (κ2) is 4.75. The van der Waals surface area contributed by atoms with E-state index in [1.165, 1.54) is 12.1 Å². The third kappa shape index (κ3) is 2.19. The summed E-state index contributed by atoms with van der Waals surface area (Å²) in [5, 5.41) is 0. The fourth-order valence-electron chi connectivity index (χ4n) is 1.52. The van der Waals surface area contributed by atoms with Crippen molar-refractivity contribution in [2.75, 3.05) is 0 Å². The average molecular weight is 218 g/mol. The minimum absolute atomic E-state index is 0.142. The Labute approximate surface area is 93.0 Å². The maximum atomic E-state index is 13.3. The van der Waals surface area contributed by atoms with Gasteiger partial charge in [-0.15, -0.1) is 0 Å². The average Bonchev–Trinajstić information content (AvgIpc) is 2.33. The van der Waals surface area contributed by atoms with Crippen LogP contribution in [0.25, 0.3) is 0 Å². The highest BCUT2D eigenvalue weighted by molar-refractivity contribution is 5.79. The van der Waals surface area contributed by atoms with Crippen molar-refractivity contribution in [1.29, 1.82) is 0 Å². The summed E-state index contributed by atoms with van der Waals surface area (Å²) in [5.41, 5.74) is 0.481. The molecule has 1 aliphatic rings. The second-order valence-electron chi connectivity index (χ2n) is 3.46. The van der Waals surface area contributed by atoms with Crippen LogP contribution in [0.15, 0.2) is 47.7 Å². The predicted octanol–water partition coefficient (Wildman–Crippen LogP) is 3.01. The Bertz CT molecular complexity index is 461. The number of rotatable bonds is 3. The number of ether oxygens (including phenoxy) is 1. The largest absolute Gasteiger partial charge is 0.454 e. The van der Waals surface area contributed by atoms with Gasteiger partial charge in [0.25, 0.3) is 0 Å². The molecular weight excluding hydrogens is 207 g/mol. The van der Waals surface area contributed by atoms with Crippen molar-refractivity contribution < 1.29 is 13.9 Å². The molecule has 1 aromatic rings. The van der Waals surface area contributed by atoms with Crippen molar-refractivity contribution in [3.05, 3.63) is 53.6 Å².